The molecule has 5 heteroatoms. The molecule has 0 fully saturated rings. The first-order valence-corrected chi connectivity index (χ1v) is 7.21. The van der Waals surface area contributed by atoms with E-state index in [0.29, 0.717) is 23.6 Å². The van der Waals surface area contributed by atoms with Crippen LogP contribution in [0.15, 0.2) is 35.1 Å². The minimum atomic E-state index is -0.509. The first kappa shape index (κ1) is 16.1. The number of nitrogens with two attached hydrogens (primary N) is 1. The van der Waals surface area contributed by atoms with Crippen LogP contribution in [0.25, 0.3) is 0 Å². The van der Waals surface area contributed by atoms with Crippen molar-refractivity contribution in [1.29, 1.82) is 0 Å². The van der Waals surface area contributed by atoms with E-state index in [1.165, 1.54) is 0 Å². The molecule has 2 N–H and O–H groups in total. The number of benzene rings is 1. The summed E-state index contributed by atoms with van der Waals surface area (Å²) in [5.74, 6) is 1.23. The Hall–Kier alpha value is -2.27. The van der Waals surface area contributed by atoms with Gasteiger partial charge in [-0.1, -0.05) is 6.07 Å². The summed E-state index contributed by atoms with van der Waals surface area (Å²) in [5.41, 5.74) is 8.55. The van der Waals surface area contributed by atoms with E-state index in [1.54, 1.807) is 37.0 Å². The highest BCUT2D eigenvalue weighted by Gasteiger charge is 2.17. The third kappa shape index (κ3) is 2.85. The van der Waals surface area contributed by atoms with Crippen LogP contribution < -0.4 is 20.8 Å². The second-order valence-corrected chi connectivity index (χ2v) is 5.07. The molecule has 5 nitrogen and oxygen atoms in total. The number of methoxy groups -OCH3 is 2. The van der Waals surface area contributed by atoms with E-state index < -0.39 is 6.04 Å². The monoisotopic (exact) mass is 302 g/mol. The fourth-order valence-electron chi connectivity index (χ4n) is 2.54. The molecule has 0 aliphatic carbocycles. The summed E-state index contributed by atoms with van der Waals surface area (Å²) in [6.45, 7) is 4.48. The van der Waals surface area contributed by atoms with Crippen molar-refractivity contribution in [2.24, 2.45) is 5.73 Å². The molecule has 0 aliphatic heterocycles. The molecular weight excluding hydrogens is 280 g/mol. The van der Waals surface area contributed by atoms with Gasteiger partial charge in [-0.15, -0.1) is 0 Å². The molecule has 118 valence electrons. The molecule has 1 aromatic carbocycles. The Morgan fingerprint density at radius 3 is 2.41 bits per heavy atom. The van der Waals surface area contributed by atoms with Gasteiger partial charge in [0.25, 0.3) is 5.56 Å². The number of hydrogen-bond donors (Lipinski definition) is 1. The molecule has 0 amide bonds. The van der Waals surface area contributed by atoms with E-state index in [-0.39, 0.29) is 5.56 Å². The van der Waals surface area contributed by atoms with Crippen molar-refractivity contribution in [2.45, 2.75) is 26.4 Å². The first-order chi connectivity index (χ1) is 10.5. The maximum Gasteiger partial charge on any atom is 0.255 e. The lowest BCUT2D eigenvalue weighted by Gasteiger charge is -2.17. The first-order valence-electron chi connectivity index (χ1n) is 7.21. The van der Waals surface area contributed by atoms with Crippen molar-refractivity contribution in [3.05, 3.63) is 57.5 Å². The second-order valence-electron chi connectivity index (χ2n) is 5.07. The normalized spacial score (nSPS) is 12.0. The number of pyridine rings is 1. The van der Waals surface area contributed by atoms with E-state index >= 15 is 0 Å². The van der Waals surface area contributed by atoms with Crippen LogP contribution >= 0.6 is 0 Å². The SMILES string of the molecule is CCn1c(C)ccc(C(N)c2ccc(OC)c(OC)c2)c1=O. The smallest absolute Gasteiger partial charge is 0.255 e. The van der Waals surface area contributed by atoms with Crippen molar-refractivity contribution in [1.82, 2.24) is 4.57 Å². The van der Waals surface area contributed by atoms with Crippen molar-refractivity contribution in [3.8, 4) is 11.5 Å². The molecular formula is C17H22N2O3. The van der Waals surface area contributed by atoms with E-state index in [4.69, 9.17) is 15.2 Å². The van der Waals surface area contributed by atoms with E-state index in [1.807, 2.05) is 26.0 Å². The van der Waals surface area contributed by atoms with Gasteiger partial charge in [0.2, 0.25) is 0 Å². The van der Waals surface area contributed by atoms with Gasteiger partial charge in [-0.2, -0.15) is 0 Å². The van der Waals surface area contributed by atoms with Crippen LogP contribution in [-0.2, 0) is 6.54 Å². The second kappa shape index (κ2) is 6.66. The van der Waals surface area contributed by atoms with Crippen LogP contribution in [0.2, 0.25) is 0 Å². The molecule has 0 radical (unpaired) electrons. The third-order valence-corrected chi connectivity index (χ3v) is 3.84. The molecule has 0 saturated carbocycles. The zero-order valence-corrected chi connectivity index (χ0v) is 13.4. The lowest BCUT2D eigenvalue weighted by molar-refractivity contribution is 0.354. The summed E-state index contributed by atoms with van der Waals surface area (Å²) in [6.07, 6.45) is 0. The van der Waals surface area contributed by atoms with Gasteiger partial charge in [-0.05, 0) is 43.7 Å². The summed E-state index contributed by atoms with van der Waals surface area (Å²) in [4.78, 5) is 12.5. The number of aryl methyl sites for hydroxylation is 1. The van der Waals surface area contributed by atoms with Crippen molar-refractivity contribution in [2.75, 3.05) is 14.2 Å². The Bertz CT molecular complexity index is 722. The predicted octanol–water partition coefficient (Wildman–Crippen LogP) is 2.24. The minimum Gasteiger partial charge on any atom is -0.493 e. The summed E-state index contributed by atoms with van der Waals surface area (Å²) in [7, 11) is 3.15. The summed E-state index contributed by atoms with van der Waals surface area (Å²) >= 11 is 0. The average Bonchev–Trinajstić information content (AvgIpc) is 2.54. The zero-order valence-electron chi connectivity index (χ0n) is 13.4. The highest BCUT2D eigenvalue weighted by atomic mass is 16.5. The fraction of sp³-hybridized carbons (Fsp3) is 0.353. The van der Waals surface area contributed by atoms with Gasteiger partial charge in [0.1, 0.15) is 0 Å². The lowest BCUT2D eigenvalue weighted by atomic mass is 10.00. The fourth-order valence-corrected chi connectivity index (χ4v) is 2.54. The van der Waals surface area contributed by atoms with Crippen LogP contribution in [0.1, 0.15) is 29.8 Å². The van der Waals surface area contributed by atoms with Gasteiger partial charge in [-0.25, -0.2) is 0 Å². The molecule has 0 bridgehead atoms. The maximum atomic E-state index is 12.5. The summed E-state index contributed by atoms with van der Waals surface area (Å²) in [6, 6.07) is 8.65. The molecule has 1 atom stereocenters. The molecule has 0 aliphatic rings. The Labute approximate surface area is 130 Å². The Kier molecular flexibility index (Phi) is 4.88. The number of ether oxygens (including phenoxy) is 2. The molecule has 1 unspecified atom stereocenters. The largest absolute Gasteiger partial charge is 0.493 e. The van der Waals surface area contributed by atoms with Gasteiger partial charge in [0.05, 0.1) is 20.3 Å². The minimum absolute atomic E-state index is 0.0511. The van der Waals surface area contributed by atoms with Crippen molar-refractivity contribution < 1.29 is 9.47 Å². The molecule has 0 saturated heterocycles. The molecule has 2 rings (SSSR count). The molecule has 1 heterocycles. The van der Waals surface area contributed by atoms with Crippen LogP contribution in [0.4, 0.5) is 0 Å². The number of aromatic nitrogens is 1. The third-order valence-electron chi connectivity index (χ3n) is 3.84. The van der Waals surface area contributed by atoms with Crippen LogP contribution in [0.3, 0.4) is 0 Å². The topological polar surface area (TPSA) is 66.5 Å². The zero-order chi connectivity index (χ0) is 16.3. The quantitative estimate of drug-likeness (QED) is 0.920. The lowest BCUT2D eigenvalue weighted by Crippen LogP contribution is -2.29. The van der Waals surface area contributed by atoms with E-state index in [9.17, 15) is 4.79 Å². The van der Waals surface area contributed by atoms with Gasteiger partial charge in [-0.3, -0.25) is 4.79 Å². The van der Waals surface area contributed by atoms with Gasteiger partial charge in [0, 0.05) is 17.8 Å². The van der Waals surface area contributed by atoms with Crippen LogP contribution in [0.5, 0.6) is 11.5 Å². The standard InChI is InChI=1S/C17H22N2O3/c1-5-19-11(2)6-8-13(17(19)20)16(18)12-7-9-14(21-3)15(10-12)22-4/h6-10,16H,5,18H2,1-4H3. The molecule has 0 spiro atoms. The number of rotatable bonds is 5. The molecule has 2 aromatic rings. The summed E-state index contributed by atoms with van der Waals surface area (Å²) < 4.78 is 12.2. The number of hydrogen-bond acceptors (Lipinski definition) is 4. The van der Waals surface area contributed by atoms with Gasteiger partial charge in [0.15, 0.2) is 11.5 Å². The van der Waals surface area contributed by atoms with E-state index in [2.05, 4.69) is 0 Å². The van der Waals surface area contributed by atoms with E-state index in [0.717, 1.165) is 11.3 Å². The van der Waals surface area contributed by atoms with Gasteiger partial charge < -0.3 is 19.8 Å². The summed E-state index contributed by atoms with van der Waals surface area (Å²) in [5, 5.41) is 0. The van der Waals surface area contributed by atoms with Crippen molar-refractivity contribution >= 4 is 0 Å². The van der Waals surface area contributed by atoms with Crippen LogP contribution in [-0.4, -0.2) is 18.8 Å². The number of nitrogens with zero attached hydrogens (tertiary/aromatic N) is 1. The maximum absolute atomic E-state index is 12.5. The van der Waals surface area contributed by atoms with Crippen molar-refractivity contribution in [3.63, 3.8) is 0 Å². The average molecular weight is 302 g/mol. The highest BCUT2D eigenvalue weighted by Crippen LogP contribution is 2.30. The predicted molar refractivity (Wildman–Crippen MR) is 86.7 cm³/mol. The van der Waals surface area contributed by atoms with Gasteiger partial charge >= 0.3 is 0 Å². The van der Waals surface area contributed by atoms with Crippen LogP contribution in [0, 0.1) is 6.92 Å². The Balaban J connectivity index is 2.49. The Morgan fingerprint density at radius 1 is 1.14 bits per heavy atom. The molecule has 1 aromatic heterocycles. The Morgan fingerprint density at radius 2 is 1.82 bits per heavy atom. The molecule has 22 heavy (non-hydrogen) atoms. The highest BCUT2D eigenvalue weighted by molar-refractivity contribution is 5.45.